The van der Waals surface area contributed by atoms with Gasteiger partial charge in [0, 0.05) is 32.2 Å². The second-order valence-corrected chi connectivity index (χ2v) is 7.52. The predicted octanol–water partition coefficient (Wildman–Crippen LogP) is 0.713. The number of sulfonamides is 1. The van der Waals surface area contributed by atoms with Crippen molar-refractivity contribution in [2.24, 2.45) is 10.1 Å². The molecule has 0 amide bonds. The molecule has 1 rings (SSSR count). The average molecular weight is 461 g/mol. The van der Waals surface area contributed by atoms with Gasteiger partial charge < -0.3 is 15.5 Å². The summed E-state index contributed by atoms with van der Waals surface area (Å²) < 4.78 is 21.8. The van der Waals surface area contributed by atoms with Gasteiger partial charge in [0.1, 0.15) is 0 Å². The molecule has 1 fully saturated rings. The minimum atomic E-state index is -3.43. The second kappa shape index (κ2) is 12.3. The van der Waals surface area contributed by atoms with Crippen LogP contribution in [0.25, 0.3) is 0 Å². The molecule has 23 heavy (non-hydrogen) atoms. The maximum atomic E-state index is 10.9. The fourth-order valence-corrected chi connectivity index (χ4v) is 2.99. The van der Waals surface area contributed by atoms with Crippen molar-refractivity contribution in [2.75, 3.05) is 38.5 Å². The molecule has 1 heterocycles. The molecule has 1 atom stereocenters. The Morgan fingerprint density at radius 2 is 2.09 bits per heavy atom. The minimum Gasteiger partial charge on any atom is -0.357 e. The lowest BCUT2D eigenvalue weighted by atomic mass is 10.0. The fraction of sp³-hybridized carbons (Fsp3) is 0.929. The zero-order valence-corrected chi connectivity index (χ0v) is 17.4. The van der Waals surface area contributed by atoms with Gasteiger partial charge in [-0.25, -0.2) is 13.6 Å². The Labute approximate surface area is 157 Å². The van der Waals surface area contributed by atoms with E-state index in [0.29, 0.717) is 12.0 Å². The molecule has 4 N–H and O–H groups in total. The Morgan fingerprint density at radius 3 is 2.70 bits per heavy atom. The van der Waals surface area contributed by atoms with Crippen LogP contribution in [0.1, 0.15) is 39.5 Å². The molecule has 1 unspecified atom stereocenters. The zero-order valence-electron chi connectivity index (χ0n) is 14.3. The van der Waals surface area contributed by atoms with Gasteiger partial charge in [0.05, 0.1) is 5.75 Å². The highest BCUT2D eigenvalue weighted by Gasteiger charge is 2.16. The molecule has 9 heteroatoms. The third-order valence-electron chi connectivity index (χ3n) is 3.84. The number of halogens is 1. The van der Waals surface area contributed by atoms with Crippen molar-refractivity contribution < 1.29 is 8.42 Å². The van der Waals surface area contributed by atoms with Crippen molar-refractivity contribution in [1.82, 2.24) is 15.5 Å². The normalized spacial score (nSPS) is 20.0. The number of aliphatic imine (C=N–C) groups is 1. The summed E-state index contributed by atoms with van der Waals surface area (Å²) in [6.07, 6.45) is 4.94. The molecule has 0 spiro atoms. The molecule has 138 valence electrons. The van der Waals surface area contributed by atoms with Crippen molar-refractivity contribution in [3.63, 3.8) is 0 Å². The van der Waals surface area contributed by atoms with Crippen molar-refractivity contribution in [2.45, 2.75) is 45.6 Å². The molecule has 1 aliphatic heterocycles. The van der Waals surface area contributed by atoms with Gasteiger partial charge in [0.25, 0.3) is 0 Å². The van der Waals surface area contributed by atoms with Crippen molar-refractivity contribution in [3.05, 3.63) is 0 Å². The molecule has 7 nitrogen and oxygen atoms in total. The number of nitrogens with zero attached hydrogens (tertiary/aromatic N) is 2. The molecule has 0 aromatic heterocycles. The molecular formula is C14H32IN5O2S. The number of nitrogens with one attached hydrogen (secondary N) is 2. The lowest BCUT2D eigenvalue weighted by molar-refractivity contribution is 0.160. The molecule has 0 radical (unpaired) electrons. The molecule has 0 aromatic carbocycles. The number of likely N-dealkylation sites (tertiary alicyclic amines) is 1. The summed E-state index contributed by atoms with van der Waals surface area (Å²) >= 11 is 0. The number of rotatable bonds is 8. The van der Waals surface area contributed by atoms with E-state index in [1.54, 1.807) is 0 Å². The molecule has 0 aliphatic carbocycles. The van der Waals surface area contributed by atoms with E-state index < -0.39 is 10.0 Å². The maximum Gasteiger partial charge on any atom is 0.210 e. The number of hydrogen-bond acceptors (Lipinski definition) is 4. The SMILES string of the molecule is CCNC(=NCCCN1CCCCC1C)NCCS(N)(=O)=O.I. The Morgan fingerprint density at radius 1 is 1.35 bits per heavy atom. The van der Waals surface area contributed by atoms with Gasteiger partial charge in [-0.1, -0.05) is 6.42 Å². The predicted molar refractivity (Wildman–Crippen MR) is 107 cm³/mol. The number of nitrogens with two attached hydrogens (primary N) is 1. The van der Waals surface area contributed by atoms with E-state index in [2.05, 4.69) is 27.4 Å². The molecular weight excluding hydrogens is 429 g/mol. The minimum absolute atomic E-state index is 0. The number of primary sulfonamides is 1. The van der Waals surface area contributed by atoms with Crippen LogP contribution in [0.2, 0.25) is 0 Å². The van der Waals surface area contributed by atoms with Gasteiger partial charge in [0.2, 0.25) is 10.0 Å². The highest BCUT2D eigenvalue weighted by molar-refractivity contribution is 14.0. The van der Waals surface area contributed by atoms with Crippen molar-refractivity contribution >= 4 is 40.0 Å². The summed E-state index contributed by atoms with van der Waals surface area (Å²) in [5, 5.41) is 11.1. The van der Waals surface area contributed by atoms with Gasteiger partial charge in [-0.15, -0.1) is 24.0 Å². The first kappa shape index (κ1) is 22.9. The third kappa shape index (κ3) is 11.1. The molecule has 1 saturated heterocycles. The van der Waals surface area contributed by atoms with Crippen LogP contribution in [0.3, 0.4) is 0 Å². The van der Waals surface area contributed by atoms with E-state index in [-0.39, 0.29) is 36.3 Å². The van der Waals surface area contributed by atoms with Gasteiger partial charge in [-0.05, 0) is 39.7 Å². The highest BCUT2D eigenvalue weighted by Crippen LogP contribution is 2.16. The van der Waals surface area contributed by atoms with Crippen LogP contribution < -0.4 is 15.8 Å². The van der Waals surface area contributed by atoms with Gasteiger partial charge >= 0.3 is 0 Å². The highest BCUT2D eigenvalue weighted by atomic mass is 127. The van der Waals surface area contributed by atoms with Crippen molar-refractivity contribution in [3.8, 4) is 0 Å². The van der Waals surface area contributed by atoms with Crippen LogP contribution in [0.4, 0.5) is 0 Å². The summed E-state index contributed by atoms with van der Waals surface area (Å²) in [5.74, 6) is 0.556. The largest absolute Gasteiger partial charge is 0.357 e. The average Bonchev–Trinajstić information content (AvgIpc) is 2.44. The van der Waals surface area contributed by atoms with Gasteiger partial charge in [-0.2, -0.15) is 0 Å². The van der Waals surface area contributed by atoms with E-state index in [1.807, 2.05) is 6.92 Å². The van der Waals surface area contributed by atoms with E-state index in [9.17, 15) is 8.42 Å². The van der Waals surface area contributed by atoms with E-state index in [1.165, 1.54) is 25.8 Å². The number of guanidine groups is 1. The molecule has 1 aliphatic rings. The standard InChI is InChI=1S/C14H31N5O2S.HI/c1-3-16-14(18-9-12-22(15,20)21)17-8-6-11-19-10-5-4-7-13(19)2;/h13H,3-12H2,1-2H3,(H2,15,20,21)(H2,16,17,18);1H. The van der Waals surface area contributed by atoms with Gasteiger partial charge in [-0.3, -0.25) is 4.99 Å². The Bertz CT molecular complexity index is 444. The first-order chi connectivity index (χ1) is 10.4. The molecule has 0 saturated carbocycles. The van der Waals surface area contributed by atoms with Crippen LogP contribution in [-0.2, 0) is 10.0 Å². The summed E-state index contributed by atoms with van der Waals surface area (Å²) in [6, 6.07) is 0.679. The van der Waals surface area contributed by atoms with Crippen LogP contribution in [0, 0.1) is 0 Å². The summed E-state index contributed by atoms with van der Waals surface area (Å²) in [7, 11) is -3.43. The number of piperidine rings is 1. The number of hydrogen-bond donors (Lipinski definition) is 3. The summed E-state index contributed by atoms with van der Waals surface area (Å²) in [4.78, 5) is 7.00. The summed E-state index contributed by atoms with van der Waals surface area (Å²) in [6.45, 7) is 8.28. The molecule has 0 aromatic rings. The monoisotopic (exact) mass is 461 g/mol. The summed E-state index contributed by atoms with van der Waals surface area (Å²) in [5.41, 5.74) is 0. The smallest absolute Gasteiger partial charge is 0.210 e. The van der Waals surface area contributed by atoms with Crippen LogP contribution >= 0.6 is 24.0 Å². The van der Waals surface area contributed by atoms with E-state index >= 15 is 0 Å². The fourth-order valence-electron chi connectivity index (χ4n) is 2.61. The van der Waals surface area contributed by atoms with Crippen LogP contribution in [0.5, 0.6) is 0 Å². The van der Waals surface area contributed by atoms with E-state index in [0.717, 1.165) is 26.1 Å². The Kier molecular flexibility index (Phi) is 12.2. The third-order valence-corrected chi connectivity index (χ3v) is 4.61. The first-order valence-corrected chi connectivity index (χ1v) is 9.90. The topological polar surface area (TPSA) is 99.8 Å². The Balaban J connectivity index is 0.00000484. The zero-order chi connectivity index (χ0) is 16.4. The van der Waals surface area contributed by atoms with Crippen LogP contribution in [0.15, 0.2) is 4.99 Å². The van der Waals surface area contributed by atoms with Crippen molar-refractivity contribution in [1.29, 1.82) is 0 Å². The molecule has 0 bridgehead atoms. The first-order valence-electron chi connectivity index (χ1n) is 8.19. The second-order valence-electron chi connectivity index (χ2n) is 5.79. The lowest BCUT2D eigenvalue weighted by Crippen LogP contribution is -2.40. The van der Waals surface area contributed by atoms with Crippen LogP contribution in [-0.4, -0.2) is 63.8 Å². The lowest BCUT2D eigenvalue weighted by Gasteiger charge is -2.33. The van der Waals surface area contributed by atoms with E-state index in [4.69, 9.17) is 5.14 Å². The van der Waals surface area contributed by atoms with Gasteiger partial charge in [0.15, 0.2) is 5.96 Å². The maximum absolute atomic E-state index is 10.9. The quantitative estimate of drug-likeness (QED) is 0.214. The Hall–Kier alpha value is -0.130.